The third-order valence-corrected chi connectivity index (χ3v) is 8.13. The smallest absolute Gasteiger partial charge is 0.243 e. The summed E-state index contributed by atoms with van der Waals surface area (Å²) in [5, 5.41) is 7.32. The number of fused-ring (bicyclic) bond motifs is 1. The standard InChI is InChI=1S/C26H28FN3O4S/c1-18(31)28-25(17-21-8-4-5-9-24(21)27)26(32)29-22-12-14-30(15-13-22)35(33,34)23-11-10-19-6-2-3-7-20(19)16-23/h2-11,16,22,25H,12-15,17H2,1H3,(H,28,31)(H,29,32)/t25-/m1/s1. The van der Waals surface area contributed by atoms with E-state index in [0.29, 0.717) is 18.4 Å². The molecule has 0 aliphatic carbocycles. The van der Waals surface area contributed by atoms with E-state index in [9.17, 15) is 22.4 Å². The minimum atomic E-state index is -3.66. The average Bonchev–Trinajstić information content (AvgIpc) is 2.84. The molecule has 0 bridgehead atoms. The maximum Gasteiger partial charge on any atom is 0.243 e. The van der Waals surface area contributed by atoms with Gasteiger partial charge in [-0.2, -0.15) is 4.31 Å². The maximum atomic E-state index is 14.1. The third-order valence-electron chi connectivity index (χ3n) is 6.23. The molecule has 3 aromatic rings. The van der Waals surface area contributed by atoms with Crippen LogP contribution in [0.1, 0.15) is 25.3 Å². The van der Waals surface area contributed by atoms with Gasteiger partial charge in [-0.3, -0.25) is 9.59 Å². The first-order chi connectivity index (χ1) is 16.7. The number of amides is 2. The van der Waals surface area contributed by atoms with Gasteiger partial charge in [0, 0.05) is 32.5 Å². The van der Waals surface area contributed by atoms with Gasteiger partial charge in [0.25, 0.3) is 0 Å². The zero-order valence-corrected chi connectivity index (χ0v) is 20.2. The summed E-state index contributed by atoms with van der Waals surface area (Å²) in [5.41, 5.74) is 0.331. The van der Waals surface area contributed by atoms with Crippen molar-refractivity contribution in [1.82, 2.24) is 14.9 Å². The van der Waals surface area contributed by atoms with Crippen LogP contribution in [0.4, 0.5) is 4.39 Å². The predicted octanol–water partition coefficient (Wildman–Crippen LogP) is 3.00. The number of hydrogen-bond acceptors (Lipinski definition) is 4. The molecule has 0 saturated carbocycles. The van der Waals surface area contributed by atoms with E-state index in [1.807, 2.05) is 24.3 Å². The van der Waals surface area contributed by atoms with E-state index < -0.39 is 33.7 Å². The van der Waals surface area contributed by atoms with Crippen molar-refractivity contribution >= 4 is 32.6 Å². The van der Waals surface area contributed by atoms with Crippen LogP contribution in [0.25, 0.3) is 10.8 Å². The SMILES string of the molecule is CC(=O)N[C@H](Cc1ccccc1F)C(=O)NC1CCN(S(=O)(=O)c2ccc3ccccc3c2)CC1. The maximum absolute atomic E-state index is 14.1. The Labute approximate surface area is 204 Å². The Kier molecular flexibility index (Phi) is 7.47. The Balaban J connectivity index is 1.39. The molecule has 35 heavy (non-hydrogen) atoms. The molecule has 3 aromatic carbocycles. The molecule has 2 N–H and O–H groups in total. The Bertz CT molecular complexity index is 1340. The van der Waals surface area contributed by atoms with Gasteiger partial charge in [0.15, 0.2) is 0 Å². The first kappa shape index (κ1) is 24.8. The van der Waals surface area contributed by atoms with Crippen LogP contribution in [0.15, 0.2) is 71.6 Å². The van der Waals surface area contributed by atoms with Gasteiger partial charge < -0.3 is 10.6 Å². The van der Waals surface area contributed by atoms with Crippen LogP contribution >= 0.6 is 0 Å². The van der Waals surface area contributed by atoms with E-state index in [4.69, 9.17) is 0 Å². The van der Waals surface area contributed by atoms with E-state index >= 15 is 0 Å². The number of benzene rings is 3. The lowest BCUT2D eigenvalue weighted by molar-refractivity contribution is -0.128. The van der Waals surface area contributed by atoms with Gasteiger partial charge in [-0.25, -0.2) is 12.8 Å². The van der Waals surface area contributed by atoms with Gasteiger partial charge in [0.05, 0.1) is 4.90 Å². The number of halogens is 1. The molecule has 1 aliphatic heterocycles. The van der Waals surface area contributed by atoms with Crippen LogP contribution in [0.5, 0.6) is 0 Å². The van der Waals surface area contributed by atoms with Gasteiger partial charge in [-0.1, -0.05) is 48.5 Å². The number of hydrogen-bond donors (Lipinski definition) is 2. The van der Waals surface area contributed by atoms with Crippen LogP contribution in [0, 0.1) is 5.82 Å². The van der Waals surface area contributed by atoms with Gasteiger partial charge in [-0.15, -0.1) is 0 Å². The topological polar surface area (TPSA) is 95.6 Å². The molecule has 4 rings (SSSR count). The largest absolute Gasteiger partial charge is 0.351 e. The number of nitrogens with zero attached hydrogens (tertiary/aromatic N) is 1. The fourth-order valence-corrected chi connectivity index (χ4v) is 5.86. The molecular formula is C26H28FN3O4S. The van der Waals surface area contributed by atoms with E-state index in [-0.39, 0.29) is 30.4 Å². The predicted molar refractivity (Wildman–Crippen MR) is 132 cm³/mol. The molecule has 1 heterocycles. The number of carbonyl (C=O) groups excluding carboxylic acids is 2. The highest BCUT2D eigenvalue weighted by Crippen LogP contribution is 2.24. The molecule has 184 valence electrons. The van der Waals surface area contributed by atoms with Crippen LogP contribution in [0.3, 0.4) is 0 Å². The lowest BCUT2D eigenvalue weighted by Gasteiger charge is -2.32. The highest BCUT2D eigenvalue weighted by Gasteiger charge is 2.31. The molecule has 1 fully saturated rings. The zero-order valence-electron chi connectivity index (χ0n) is 19.4. The van der Waals surface area contributed by atoms with Gasteiger partial charge >= 0.3 is 0 Å². The van der Waals surface area contributed by atoms with Crippen molar-refractivity contribution in [2.24, 2.45) is 0 Å². The molecule has 7 nitrogen and oxygen atoms in total. The van der Waals surface area contributed by atoms with E-state index in [2.05, 4.69) is 10.6 Å². The fraction of sp³-hybridized carbons (Fsp3) is 0.308. The van der Waals surface area contributed by atoms with Crippen molar-refractivity contribution in [1.29, 1.82) is 0 Å². The second-order valence-electron chi connectivity index (χ2n) is 8.74. The summed E-state index contributed by atoms with van der Waals surface area (Å²) in [6, 6.07) is 17.6. The molecule has 0 radical (unpaired) electrons. The monoisotopic (exact) mass is 497 g/mol. The Morgan fingerprint density at radius 2 is 1.66 bits per heavy atom. The summed E-state index contributed by atoms with van der Waals surface area (Å²) >= 11 is 0. The van der Waals surface area contributed by atoms with E-state index in [0.717, 1.165) is 10.8 Å². The number of sulfonamides is 1. The van der Waals surface area contributed by atoms with Gasteiger partial charge in [0.1, 0.15) is 11.9 Å². The van der Waals surface area contributed by atoms with E-state index in [1.54, 1.807) is 36.4 Å². The summed E-state index contributed by atoms with van der Waals surface area (Å²) in [7, 11) is -3.66. The van der Waals surface area contributed by atoms with Crippen molar-refractivity contribution in [2.75, 3.05) is 13.1 Å². The van der Waals surface area contributed by atoms with Crippen LogP contribution in [0.2, 0.25) is 0 Å². The summed E-state index contributed by atoms with van der Waals surface area (Å²) in [4.78, 5) is 24.8. The van der Waals surface area contributed by atoms with Gasteiger partial charge in [-0.05, 0) is 47.4 Å². The van der Waals surface area contributed by atoms with Crippen LogP contribution < -0.4 is 10.6 Å². The minimum absolute atomic E-state index is 0.0211. The molecule has 2 amide bonds. The lowest BCUT2D eigenvalue weighted by Crippen LogP contribution is -2.53. The molecular weight excluding hydrogens is 469 g/mol. The Morgan fingerprint density at radius 3 is 2.34 bits per heavy atom. The highest BCUT2D eigenvalue weighted by atomic mass is 32.2. The van der Waals surface area contributed by atoms with Crippen molar-refractivity contribution in [3.8, 4) is 0 Å². The number of piperidine rings is 1. The van der Waals surface area contributed by atoms with Crippen LogP contribution in [-0.2, 0) is 26.0 Å². The molecule has 1 atom stereocenters. The first-order valence-corrected chi connectivity index (χ1v) is 13.0. The van der Waals surface area contributed by atoms with Crippen molar-refractivity contribution < 1.29 is 22.4 Å². The highest BCUT2D eigenvalue weighted by molar-refractivity contribution is 7.89. The molecule has 1 aliphatic rings. The number of carbonyl (C=O) groups is 2. The quantitative estimate of drug-likeness (QED) is 0.525. The Morgan fingerprint density at radius 1 is 1.00 bits per heavy atom. The molecule has 9 heteroatoms. The molecule has 1 saturated heterocycles. The summed E-state index contributed by atoms with van der Waals surface area (Å²) in [6.45, 7) is 1.83. The van der Waals surface area contributed by atoms with Crippen LogP contribution in [-0.4, -0.2) is 49.7 Å². The van der Waals surface area contributed by atoms with Crippen molar-refractivity contribution in [2.45, 2.75) is 43.2 Å². The second kappa shape index (κ2) is 10.5. The summed E-state index contributed by atoms with van der Waals surface area (Å²) < 4.78 is 41.9. The molecule has 0 aromatic heterocycles. The summed E-state index contributed by atoms with van der Waals surface area (Å²) in [5.74, 6) is -1.25. The Hall–Kier alpha value is -3.30. The third kappa shape index (κ3) is 5.86. The lowest BCUT2D eigenvalue weighted by atomic mass is 10.0. The first-order valence-electron chi connectivity index (χ1n) is 11.5. The van der Waals surface area contributed by atoms with Crippen molar-refractivity contribution in [3.05, 3.63) is 78.1 Å². The van der Waals surface area contributed by atoms with Gasteiger partial charge in [0.2, 0.25) is 21.8 Å². The zero-order chi connectivity index (χ0) is 25.0. The number of nitrogens with one attached hydrogen (secondary N) is 2. The molecule has 0 unspecified atom stereocenters. The average molecular weight is 498 g/mol. The molecule has 0 spiro atoms. The second-order valence-corrected chi connectivity index (χ2v) is 10.7. The fourth-order valence-electron chi connectivity index (χ4n) is 4.36. The summed E-state index contributed by atoms with van der Waals surface area (Å²) in [6.07, 6.45) is 0.892. The van der Waals surface area contributed by atoms with Crippen molar-refractivity contribution in [3.63, 3.8) is 0 Å². The van der Waals surface area contributed by atoms with E-state index in [1.165, 1.54) is 17.3 Å². The minimum Gasteiger partial charge on any atom is -0.351 e. The normalized spacial score (nSPS) is 16.1. The number of rotatable bonds is 7.